The number of piperidine rings is 1. The molecular weight excluding hydrogens is 324 g/mol. The molecule has 0 aliphatic carbocycles. The minimum absolute atomic E-state index is 0. The number of halogens is 1. The number of amides is 1. The van der Waals surface area contributed by atoms with Crippen LogP contribution in [0.25, 0.3) is 0 Å². The van der Waals surface area contributed by atoms with Crippen LogP contribution in [-0.2, 0) is 9.84 Å². The molecule has 2 rings (SSSR count). The third-order valence-corrected chi connectivity index (χ3v) is 5.77. The van der Waals surface area contributed by atoms with E-state index in [2.05, 4.69) is 5.32 Å². The maximum Gasteiger partial charge on any atom is 0.253 e. The van der Waals surface area contributed by atoms with Gasteiger partial charge in [-0.1, -0.05) is 6.92 Å². The summed E-state index contributed by atoms with van der Waals surface area (Å²) in [5.41, 5.74) is 0.533. The summed E-state index contributed by atoms with van der Waals surface area (Å²) in [6, 6.07) is 6.48. The Bertz CT molecular complexity index is 596. The van der Waals surface area contributed by atoms with Gasteiger partial charge in [-0.3, -0.25) is 4.79 Å². The third kappa shape index (κ3) is 4.21. The molecule has 1 fully saturated rings. The van der Waals surface area contributed by atoms with Crippen LogP contribution in [0.15, 0.2) is 29.2 Å². The minimum Gasteiger partial charge on any atom is -0.339 e. The Morgan fingerprint density at radius 1 is 1.23 bits per heavy atom. The molecular formula is C15H23ClN2O3S. The van der Waals surface area contributed by atoms with Gasteiger partial charge in [0.2, 0.25) is 0 Å². The Labute approximate surface area is 138 Å². The number of benzene rings is 1. The molecule has 1 aliphatic heterocycles. The van der Waals surface area contributed by atoms with Gasteiger partial charge in [0.15, 0.2) is 9.84 Å². The van der Waals surface area contributed by atoms with Crippen LogP contribution in [0.5, 0.6) is 0 Å². The number of carbonyl (C=O) groups excluding carboxylic acids is 1. The van der Waals surface area contributed by atoms with Gasteiger partial charge in [-0.2, -0.15) is 0 Å². The largest absolute Gasteiger partial charge is 0.339 e. The lowest BCUT2D eigenvalue weighted by molar-refractivity contribution is 0.0703. The number of hydrogen-bond acceptors (Lipinski definition) is 4. The summed E-state index contributed by atoms with van der Waals surface area (Å²) >= 11 is 0. The molecule has 5 nitrogen and oxygen atoms in total. The summed E-state index contributed by atoms with van der Waals surface area (Å²) in [4.78, 5) is 14.5. The second kappa shape index (κ2) is 7.94. The van der Waals surface area contributed by atoms with Crippen molar-refractivity contribution >= 4 is 28.2 Å². The highest BCUT2D eigenvalue weighted by molar-refractivity contribution is 7.91. The van der Waals surface area contributed by atoms with E-state index in [1.807, 2.05) is 7.05 Å². The lowest BCUT2D eigenvalue weighted by Gasteiger charge is -2.31. The molecule has 0 spiro atoms. The Kier molecular flexibility index (Phi) is 6.84. The molecule has 1 aromatic rings. The molecule has 1 N–H and O–H groups in total. The van der Waals surface area contributed by atoms with E-state index in [1.165, 1.54) is 12.1 Å². The van der Waals surface area contributed by atoms with Crippen molar-refractivity contribution in [3.05, 3.63) is 29.8 Å². The van der Waals surface area contributed by atoms with Crippen molar-refractivity contribution < 1.29 is 13.2 Å². The molecule has 124 valence electrons. The van der Waals surface area contributed by atoms with Gasteiger partial charge >= 0.3 is 0 Å². The summed E-state index contributed by atoms with van der Waals surface area (Å²) in [6.07, 6.45) is 1.90. The Balaban J connectivity index is 0.00000242. The van der Waals surface area contributed by atoms with Crippen molar-refractivity contribution in [1.82, 2.24) is 10.2 Å². The van der Waals surface area contributed by atoms with Crippen molar-refractivity contribution in [2.75, 3.05) is 25.9 Å². The van der Waals surface area contributed by atoms with Crippen molar-refractivity contribution in [2.24, 2.45) is 0 Å². The predicted octanol–water partition coefficient (Wildman–Crippen LogP) is 1.73. The van der Waals surface area contributed by atoms with Crippen LogP contribution in [0.1, 0.15) is 30.1 Å². The smallest absolute Gasteiger partial charge is 0.253 e. The second-order valence-electron chi connectivity index (χ2n) is 5.33. The van der Waals surface area contributed by atoms with E-state index in [0.29, 0.717) is 5.56 Å². The highest BCUT2D eigenvalue weighted by atomic mass is 35.5. The van der Waals surface area contributed by atoms with E-state index in [9.17, 15) is 13.2 Å². The van der Waals surface area contributed by atoms with E-state index in [0.717, 1.165) is 25.9 Å². The van der Waals surface area contributed by atoms with Crippen LogP contribution < -0.4 is 5.32 Å². The van der Waals surface area contributed by atoms with Gasteiger partial charge in [-0.05, 0) is 50.2 Å². The molecule has 0 aromatic heterocycles. The number of sulfone groups is 1. The van der Waals surface area contributed by atoms with Gasteiger partial charge in [0, 0.05) is 18.7 Å². The van der Waals surface area contributed by atoms with Crippen LogP contribution in [-0.4, -0.2) is 51.2 Å². The lowest BCUT2D eigenvalue weighted by atomic mass is 10.0. The minimum atomic E-state index is -3.21. The molecule has 0 bridgehead atoms. The first kappa shape index (κ1) is 18.9. The molecule has 7 heteroatoms. The fraction of sp³-hybridized carbons (Fsp3) is 0.533. The lowest BCUT2D eigenvalue weighted by Crippen LogP contribution is -2.43. The van der Waals surface area contributed by atoms with E-state index < -0.39 is 9.84 Å². The quantitative estimate of drug-likeness (QED) is 0.901. The van der Waals surface area contributed by atoms with Gasteiger partial charge in [0.05, 0.1) is 10.6 Å². The average Bonchev–Trinajstić information content (AvgIpc) is 2.54. The average molecular weight is 347 g/mol. The third-order valence-electron chi connectivity index (χ3n) is 4.02. The van der Waals surface area contributed by atoms with Crippen LogP contribution in [0, 0.1) is 0 Å². The number of nitrogens with zero attached hydrogens (tertiary/aromatic N) is 1. The molecule has 1 heterocycles. The van der Waals surface area contributed by atoms with Crippen molar-refractivity contribution in [2.45, 2.75) is 30.7 Å². The molecule has 0 radical (unpaired) electrons. The normalized spacial score (nSPS) is 15.9. The van der Waals surface area contributed by atoms with Gasteiger partial charge in [-0.25, -0.2) is 8.42 Å². The Hall–Kier alpha value is -1.11. The van der Waals surface area contributed by atoms with E-state index in [-0.39, 0.29) is 35.0 Å². The second-order valence-corrected chi connectivity index (χ2v) is 7.60. The van der Waals surface area contributed by atoms with Crippen LogP contribution >= 0.6 is 12.4 Å². The zero-order valence-corrected chi connectivity index (χ0v) is 14.5. The molecule has 1 saturated heterocycles. The monoisotopic (exact) mass is 346 g/mol. The first-order valence-electron chi connectivity index (χ1n) is 7.26. The summed E-state index contributed by atoms with van der Waals surface area (Å²) in [5.74, 6) is 0.0114. The van der Waals surface area contributed by atoms with Gasteiger partial charge in [-0.15, -0.1) is 12.4 Å². The van der Waals surface area contributed by atoms with Gasteiger partial charge in [0.1, 0.15) is 0 Å². The highest BCUT2D eigenvalue weighted by Gasteiger charge is 2.23. The topological polar surface area (TPSA) is 66.5 Å². The molecule has 1 amide bonds. The van der Waals surface area contributed by atoms with Crippen LogP contribution in [0.3, 0.4) is 0 Å². The van der Waals surface area contributed by atoms with E-state index in [1.54, 1.807) is 24.0 Å². The maximum atomic E-state index is 12.4. The molecule has 0 unspecified atom stereocenters. The first-order valence-corrected chi connectivity index (χ1v) is 8.91. The predicted molar refractivity (Wildman–Crippen MR) is 89.4 cm³/mol. The van der Waals surface area contributed by atoms with Crippen LogP contribution in [0.2, 0.25) is 0 Å². The molecule has 1 aromatic carbocycles. The summed E-state index contributed by atoms with van der Waals surface area (Å²) in [6.45, 7) is 3.46. The van der Waals surface area contributed by atoms with Crippen LogP contribution in [0.4, 0.5) is 0 Å². The maximum absolute atomic E-state index is 12.4. The number of hydrogen-bond donors (Lipinski definition) is 1. The molecule has 22 heavy (non-hydrogen) atoms. The number of carbonyl (C=O) groups is 1. The molecule has 1 aliphatic rings. The SMILES string of the molecule is CCS(=O)(=O)c1ccc(C(=O)N(C)C2CCNCC2)cc1.Cl. The number of rotatable bonds is 4. The molecule has 0 saturated carbocycles. The highest BCUT2D eigenvalue weighted by Crippen LogP contribution is 2.16. The number of nitrogens with one attached hydrogen (secondary N) is 1. The standard InChI is InChI=1S/C15H22N2O3S.ClH/c1-3-21(19,20)14-6-4-12(5-7-14)15(18)17(2)13-8-10-16-11-9-13;/h4-7,13,16H,3,8-11H2,1-2H3;1H. The zero-order valence-electron chi connectivity index (χ0n) is 12.9. The van der Waals surface area contributed by atoms with Crippen molar-refractivity contribution in [3.8, 4) is 0 Å². The first-order chi connectivity index (χ1) is 9.95. The van der Waals surface area contributed by atoms with Crippen molar-refractivity contribution in [1.29, 1.82) is 0 Å². The molecule has 0 atom stereocenters. The van der Waals surface area contributed by atoms with E-state index >= 15 is 0 Å². The fourth-order valence-corrected chi connectivity index (χ4v) is 3.42. The Morgan fingerprint density at radius 2 is 1.77 bits per heavy atom. The Morgan fingerprint density at radius 3 is 2.27 bits per heavy atom. The van der Waals surface area contributed by atoms with Gasteiger partial charge < -0.3 is 10.2 Å². The van der Waals surface area contributed by atoms with Gasteiger partial charge in [0.25, 0.3) is 5.91 Å². The van der Waals surface area contributed by atoms with Crippen molar-refractivity contribution in [3.63, 3.8) is 0 Å². The van der Waals surface area contributed by atoms with E-state index in [4.69, 9.17) is 0 Å². The fourth-order valence-electron chi connectivity index (χ4n) is 2.53. The summed E-state index contributed by atoms with van der Waals surface area (Å²) in [7, 11) is -1.40. The zero-order chi connectivity index (χ0) is 15.5. The summed E-state index contributed by atoms with van der Waals surface area (Å²) in [5, 5.41) is 3.27. The summed E-state index contributed by atoms with van der Waals surface area (Å²) < 4.78 is 23.5.